The molecule has 6 rings (SSSR count). The molecule has 0 radical (unpaired) electrons. The second-order valence-corrected chi connectivity index (χ2v) is 12.2. The van der Waals surface area contributed by atoms with Gasteiger partial charge in [0.2, 0.25) is 0 Å². The van der Waals surface area contributed by atoms with E-state index in [1.807, 2.05) is 18.2 Å². The van der Waals surface area contributed by atoms with Crippen LogP contribution in [0.25, 0.3) is 0 Å². The lowest BCUT2D eigenvalue weighted by atomic mass is 9.44. The molecule has 1 heterocycles. The zero-order valence-electron chi connectivity index (χ0n) is 21.4. The van der Waals surface area contributed by atoms with Crippen molar-refractivity contribution in [3.05, 3.63) is 47.5 Å². The Hall–Kier alpha value is -2.43. The first-order valence-corrected chi connectivity index (χ1v) is 13.4. The predicted molar refractivity (Wildman–Crippen MR) is 134 cm³/mol. The Balaban J connectivity index is 1.36. The van der Waals surface area contributed by atoms with Gasteiger partial charge in [0.25, 0.3) is 0 Å². The number of fused-ring (bicyclic) bond motifs is 7. The number of benzene rings is 1. The molecule has 4 aliphatic carbocycles. The highest BCUT2D eigenvalue weighted by Gasteiger charge is 2.74. The van der Waals surface area contributed by atoms with Crippen molar-refractivity contribution in [1.82, 2.24) is 0 Å². The average molecular weight is 476 g/mol. The molecule has 0 unspecified atom stereocenters. The first kappa shape index (κ1) is 23.0. The largest absolute Gasteiger partial charge is 0.462 e. The number of oxime groups is 1. The molecule has 186 valence electrons. The summed E-state index contributed by atoms with van der Waals surface area (Å²) in [6.07, 6.45) is 9.24. The Labute approximate surface area is 208 Å². The fraction of sp³-hybridized carbons (Fsp3) is 0.633. The van der Waals surface area contributed by atoms with Gasteiger partial charge in [0.05, 0.1) is 0 Å². The van der Waals surface area contributed by atoms with Crippen LogP contribution >= 0.6 is 0 Å². The van der Waals surface area contributed by atoms with Crippen molar-refractivity contribution in [1.29, 1.82) is 0 Å². The Bertz CT molecular complexity index is 1120. The van der Waals surface area contributed by atoms with Crippen molar-refractivity contribution in [3.8, 4) is 0 Å². The third-order valence-corrected chi connectivity index (χ3v) is 10.9. The molecule has 0 N–H and O–H groups in total. The van der Waals surface area contributed by atoms with E-state index in [0.29, 0.717) is 17.8 Å². The highest BCUT2D eigenvalue weighted by molar-refractivity contribution is 6.19. The van der Waals surface area contributed by atoms with Crippen LogP contribution in [0.4, 0.5) is 0 Å². The lowest BCUT2D eigenvalue weighted by Gasteiger charge is -2.59. The van der Waals surface area contributed by atoms with Crippen LogP contribution in [0.1, 0.15) is 78.2 Å². The summed E-state index contributed by atoms with van der Waals surface area (Å²) in [6, 6.07) is 10.2. The lowest BCUT2D eigenvalue weighted by Crippen LogP contribution is -2.57. The fourth-order valence-electron chi connectivity index (χ4n) is 9.39. The first-order valence-electron chi connectivity index (χ1n) is 13.4. The van der Waals surface area contributed by atoms with Crippen molar-refractivity contribution in [3.63, 3.8) is 0 Å². The van der Waals surface area contributed by atoms with Crippen LogP contribution in [0.2, 0.25) is 0 Å². The molecule has 0 spiro atoms. The maximum Gasteiger partial charge on any atom is 0.302 e. The number of nitrogens with zero attached hydrogens (tertiary/aromatic N) is 1. The van der Waals surface area contributed by atoms with Crippen LogP contribution in [0.5, 0.6) is 0 Å². The van der Waals surface area contributed by atoms with Gasteiger partial charge in [-0.1, -0.05) is 61.0 Å². The molecule has 3 saturated carbocycles. The van der Waals surface area contributed by atoms with Crippen molar-refractivity contribution in [2.75, 3.05) is 0 Å². The summed E-state index contributed by atoms with van der Waals surface area (Å²) in [4.78, 5) is 31.3. The van der Waals surface area contributed by atoms with E-state index in [-0.39, 0.29) is 34.8 Å². The highest BCUT2D eigenvalue weighted by Crippen LogP contribution is 2.71. The first-order chi connectivity index (χ1) is 16.7. The molecule has 0 aromatic heterocycles. The molecule has 0 saturated heterocycles. The molecule has 1 aliphatic heterocycles. The number of esters is 1. The number of allylic oxidation sites excluding steroid dienone is 1. The third kappa shape index (κ3) is 2.96. The molecule has 3 fully saturated rings. The summed E-state index contributed by atoms with van der Waals surface area (Å²) in [5, 5.41) is 4.58. The molecular formula is C30H37NO4. The Morgan fingerprint density at radius 3 is 2.54 bits per heavy atom. The number of ketones is 1. The van der Waals surface area contributed by atoms with Crippen LogP contribution < -0.4 is 0 Å². The molecule has 1 aromatic rings. The maximum atomic E-state index is 13.7. The Morgan fingerprint density at radius 1 is 1.06 bits per heavy atom. The summed E-state index contributed by atoms with van der Waals surface area (Å²) in [5.41, 5.74) is 2.64. The number of hydrogen-bond acceptors (Lipinski definition) is 5. The van der Waals surface area contributed by atoms with E-state index in [1.165, 1.54) is 12.5 Å². The van der Waals surface area contributed by atoms with E-state index >= 15 is 0 Å². The lowest BCUT2D eigenvalue weighted by molar-refractivity contribution is -0.149. The predicted octanol–water partition coefficient (Wildman–Crippen LogP) is 5.87. The Kier molecular flexibility index (Phi) is 5.11. The minimum Gasteiger partial charge on any atom is -0.462 e. The van der Waals surface area contributed by atoms with Gasteiger partial charge in [-0.15, -0.1) is 0 Å². The van der Waals surface area contributed by atoms with E-state index in [1.54, 1.807) is 6.92 Å². The van der Waals surface area contributed by atoms with Gasteiger partial charge in [-0.05, 0) is 74.0 Å². The highest BCUT2D eigenvalue weighted by atomic mass is 16.6. The van der Waals surface area contributed by atoms with Crippen LogP contribution in [0, 0.1) is 34.0 Å². The third-order valence-electron chi connectivity index (χ3n) is 10.9. The van der Waals surface area contributed by atoms with Gasteiger partial charge in [0, 0.05) is 18.9 Å². The van der Waals surface area contributed by atoms with Crippen LogP contribution in [-0.2, 0) is 19.2 Å². The van der Waals surface area contributed by atoms with Crippen LogP contribution in [0.15, 0.2) is 47.1 Å². The zero-order chi connectivity index (χ0) is 24.6. The number of ether oxygens (including phenoxy) is 1. The quantitative estimate of drug-likeness (QED) is 0.405. The maximum absolute atomic E-state index is 13.7. The van der Waals surface area contributed by atoms with Gasteiger partial charge in [-0.3, -0.25) is 9.59 Å². The molecular weight excluding hydrogens is 438 g/mol. The summed E-state index contributed by atoms with van der Waals surface area (Å²) < 4.78 is 5.60. The number of hydrogen-bond donors (Lipinski definition) is 0. The SMILES string of the molecule is CC(=O)O[C@H]1CC[C@@]2(C)C(=CC[C@@H]3[C@@H]2CC[C@@]2(C)[C@H]3C[C@H]3ON=C(c4ccccc4)[C@]32C(C)=O)C1. The van der Waals surface area contributed by atoms with E-state index in [4.69, 9.17) is 9.57 Å². The van der Waals surface area contributed by atoms with Crippen molar-refractivity contribution >= 4 is 17.5 Å². The second kappa shape index (κ2) is 7.78. The molecule has 5 nitrogen and oxygen atoms in total. The Morgan fingerprint density at radius 2 is 1.83 bits per heavy atom. The van der Waals surface area contributed by atoms with Crippen LogP contribution in [-0.4, -0.2) is 29.7 Å². The summed E-state index contributed by atoms with van der Waals surface area (Å²) in [6.45, 7) is 8.09. The topological polar surface area (TPSA) is 65.0 Å². The van der Waals surface area contributed by atoms with Crippen molar-refractivity contribution in [2.45, 2.75) is 84.8 Å². The van der Waals surface area contributed by atoms with Gasteiger partial charge in [0.15, 0.2) is 0 Å². The number of carbonyl (C=O) groups excluding carboxylic acids is 2. The van der Waals surface area contributed by atoms with Gasteiger partial charge in [0.1, 0.15) is 29.1 Å². The van der Waals surface area contributed by atoms with E-state index in [9.17, 15) is 9.59 Å². The van der Waals surface area contributed by atoms with Crippen molar-refractivity contribution in [2.24, 2.45) is 39.2 Å². The fourth-order valence-corrected chi connectivity index (χ4v) is 9.39. The minimum atomic E-state index is -0.679. The number of rotatable bonds is 3. The summed E-state index contributed by atoms with van der Waals surface area (Å²) >= 11 is 0. The molecule has 35 heavy (non-hydrogen) atoms. The molecule has 5 heteroatoms. The summed E-state index contributed by atoms with van der Waals surface area (Å²) in [7, 11) is 0. The molecule has 1 aromatic carbocycles. The van der Waals surface area contributed by atoms with Crippen molar-refractivity contribution < 1.29 is 19.2 Å². The minimum absolute atomic E-state index is 0.0158. The van der Waals surface area contributed by atoms with E-state index in [0.717, 1.165) is 56.2 Å². The van der Waals surface area contributed by atoms with Gasteiger partial charge in [-0.25, -0.2) is 0 Å². The standard InChI is InChI=1S/C30H37NO4/c1-18(32)30-26(35-31-27(30)20-8-6-5-7-9-20)17-25-23-11-10-21-16-22(34-19(2)33)12-14-28(21,3)24(23)13-15-29(25,30)4/h5-10,22-26H,11-17H2,1-4H3/t22-,23+,24-,25-,26+,28-,29-,30-/m0/s1. The van der Waals surface area contributed by atoms with E-state index < -0.39 is 5.41 Å². The van der Waals surface area contributed by atoms with E-state index in [2.05, 4.69) is 37.2 Å². The smallest absolute Gasteiger partial charge is 0.302 e. The van der Waals surface area contributed by atoms with Gasteiger partial charge >= 0.3 is 5.97 Å². The van der Waals surface area contributed by atoms with Gasteiger partial charge in [-0.2, -0.15) is 0 Å². The molecule has 8 atom stereocenters. The van der Waals surface area contributed by atoms with Gasteiger partial charge < -0.3 is 9.57 Å². The molecule has 0 bridgehead atoms. The molecule has 0 amide bonds. The average Bonchev–Trinajstić information content (AvgIpc) is 3.33. The molecule has 5 aliphatic rings. The number of Topliss-reactive ketones (excluding diaryl/α,β-unsaturated/α-hetero) is 1. The zero-order valence-corrected chi connectivity index (χ0v) is 21.4. The number of carbonyl (C=O) groups is 2. The monoisotopic (exact) mass is 475 g/mol. The van der Waals surface area contributed by atoms with Crippen LogP contribution in [0.3, 0.4) is 0 Å². The normalized spacial score (nSPS) is 43.5. The summed E-state index contributed by atoms with van der Waals surface area (Å²) in [5.74, 6) is 1.58. The second-order valence-electron chi connectivity index (χ2n) is 12.2.